The number of benzene rings is 7. The molecule has 10 aromatic rings. The van der Waals surface area contributed by atoms with Crippen molar-refractivity contribution >= 4 is 68.3 Å². The maximum Gasteiger partial charge on any atom is 0.0160 e. The van der Waals surface area contributed by atoms with Crippen LogP contribution in [-0.2, 0) is 20.1 Å². The molecule has 3 aromatic heterocycles. The number of nitrogens with zero attached hydrogens (tertiary/aromatic N) is 3. The zero-order chi connectivity index (χ0) is 45.0. The third-order valence-corrected chi connectivity index (χ3v) is 45.3. The molecule has 0 unspecified atom stereocenters. The number of rotatable bonds is 7. The smallest absolute Gasteiger partial charge is 0.0160 e. The molecule has 0 spiro atoms. The molecule has 1 radical (unpaired) electrons. The molecule has 0 aliphatic carbocycles. The second-order valence-corrected chi connectivity index (χ2v) is 42.2. The number of imidazole rings is 1. The van der Waals surface area contributed by atoms with Gasteiger partial charge in [-0.1, -0.05) is 54.6 Å². The quantitative estimate of drug-likeness (QED) is 0.118. The molecule has 0 N–H and O–H groups in total. The van der Waals surface area contributed by atoms with Crippen molar-refractivity contribution < 1.29 is 24.5 Å². The van der Waals surface area contributed by atoms with E-state index < -0.39 is 26.5 Å². The first kappa shape index (κ1) is 45.8. The van der Waals surface area contributed by atoms with Gasteiger partial charge in [-0.3, -0.25) is 0 Å². The fourth-order valence-corrected chi connectivity index (χ4v) is 57.1. The summed E-state index contributed by atoms with van der Waals surface area (Å²) in [6.07, 6.45) is 1.79. The first-order valence-electron chi connectivity index (χ1n) is 23.0. The van der Waals surface area contributed by atoms with Gasteiger partial charge in [-0.05, 0) is 29.0 Å². The summed E-state index contributed by atoms with van der Waals surface area (Å²) in [6.45, 7) is 9.33. The number of hydrogen-bond donors (Lipinski definition) is 0. The van der Waals surface area contributed by atoms with E-state index in [2.05, 4.69) is 182 Å². The van der Waals surface area contributed by atoms with Crippen molar-refractivity contribution in [2.75, 3.05) is 0 Å². The fraction of sp³-hybridized carbons (Fsp3) is 0.186. The Morgan fingerprint density at radius 3 is 1.98 bits per heavy atom. The Morgan fingerprint density at radius 1 is 0.591 bits per heavy atom. The summed E-state index contributed by atoms with van der Waals surface area (Å²) in [5.74, 6) is 12.0. The van der Waals surface area contributed by atoms with Crippen LogP contribution in [0.3, 0.4) is 0 Å². The Hall–Kier alpha value is -5.30. The third-order valence-electron chi connectivity index (χ3n) is 13.3. The van der Waals surface area contributed by atoms with Crippen LogP contribution in [0.1, 0.15) is 50.7 Å². The van der Waals surface area contributed by atoms with E-state index in [0.29, 0.717) is 0 Å². The van der Waals surface area contributed by atoms with Crippen LogP contribution in [0, 0.1) is 12.1 Å². The molecule has 0 saturated heterocycles. The molecule has 7 heteroatoms. The predicted octanol–water partition coefficient (Wildman–Crippen LogP) is 14.9. The van der Waals surface area contributed by atoms with Gasteiger partial charge in [0, 0.05) is 31.7 Å². The summed E-state index contributed by atoms with van der Waals surface area (Å²) in [5.41, 5.74) is 15.5. The molecule has 1 aliphatic heterocycles. The monoisotopic (exact) mass is 1160 g/mol. The second kappa shape index (κ2) is 18.4. The van der Waals surface area contributed by atoms with E-state index in [4.69, 9.17) is 9.40 Å². The largest absolute Gasteiger partial charge is 0.305 e. The molecule has 4 heterocycles. The summed E-state index contributed by atoms with van der Waals surface area (Å²) in [7, 11) is 0. The van der Waals surface area contributed by atoms with Gasteiger partial charge in [-0.2, -0.15) is 0 Å². The van der Waals surface area contributed by atoms with Crippen LogP contribution in [-0.4, -0.2) is 41.1 Å². The number of furan rings is 1. The van der Waals surface area contributed by atoms with Gasteiger partial charge >= 0.3 is 244 Å². The molecule has 0 atom stereocenters. The molecule has 0 bridgehead atoms. The van der Waals surface area contributed by atoms with Crippen LogP contribution >= 0.6 is 0 Å². The summed E-state index contributed by atoms with van der Waals surface area (Å²) in [6, 6.07) is 62.7. The molecule has 66 heavy (non-hydrogen) atoms. The third kappa shape index (κ3) is 8.49. The molecule has 11 rings (SSSR count). The van der Waals surface area contributed by atoms with E-state index in [1.807, 2.05) is 48.5 Å². The minimum Gasteiger partial charge on any atom is -0.305 e. The van der Waals surface area contributed by atoms with Crippen LogP contribution in [0.2, 0.25) is 27.1 Å². The van der Waals surface area contributed by atoms with Crippen molar-refractivity contribution in [3.8, 4) is 50.6 Å². The van der Waals surface area contributed by atoms with Crippen molar-refractivity contribution in [3.63, 3.8) is 0 Å². The Bertz CT molecular complexity index is 3290. The molecule has 4 nitrogen and oxygen atoms in total. The molecular formula is C59H55Ge2IrN3O-2. The van der Waals surface area contributed by atoms with Gasteiger partial charge in [0.15, 0.2) is 0 Å². The average Bonchev–Trinajstić information content (AvgIpc) is 3.95. The SMILES string of the molecule is CC(C)c1cc(-c2cc[c]3[c](c2)[Ge]([CH3])([CH3])[CH2][Ge]3([CH3])[CH3])cc(C(C)C)c1-n1c(-c2[c-]ccc3c2oc2cc(-c4ccccc4)ccc23)nc2ccccc21.[Ir].[c-]1ccccc1-c1ccccn1. The van der Waals surface area contributed by atoms with Gasteiger partial charge in [0.1, 0.15) is 5.58 Å². The molecule has 0 fully saturated rings. The van der Waals surface area contributed by atoms with Gasteiger partial charge in [-0.25, -0.2) is 0 Å². The molecule has 0 saturated carbocycles. The van der Waals surface area contributed by atoms with Gasteiger partial charge < -0.3 is 4.98 Å². The summed E-state index contributed by atoms with van der Waals surface area (Å²) in [4.78, 5) is 9.60. The van der Waals surface area contributed by atoms with Crippen molar-refractivity contribution in [2.45, 2.75) is 66.6 Å². The Balaban J connectivity index is 0.000000365. The maximum atomic E-state index is 6.81. The maximum absolute atomic E-state index is 6.81. The van der Waals surface area contributed by atoms with Gasteiger partial charge in [0.05, 0.1) is 0 Å². The van der Waals surface area contributed by atoms with Gasteiger partial charge in [0.25, 0.3) is 0 Å². The summed E-state index contributed by atoms with van der Waals surface area (Å²) < 4.78 is 14.3. The minimum absolute atomic E-state index is 0. The van der Waals surface area contributed by atoms with Gasteiger partial charge in [-0.15, -0.1) is 42.0 Å². The van der Waals surface area contributed by atoms with Crippen molar-refractivity contribution in [1.29, 1.82) is 0 Å². The number of aromatic nitrogens is 3. The van der Waals surface area contributed by atoms with Crippen LogP contribution in [0.4, 0.5) is 0 Å². The molecular weight excluding hydrogens is 1100 g/mol. The number of hydrogen-bond acceptors (Lipinski definition) is 3. The number of pyridine rings is 1. The Labute approximate surface area is 408 Å². The standard InChI is InChI=1S/C48H47Ge2N2O.C11H8N.Ir/c1-30(2)39-25-35(33-22-24-41-42(27-33)50(7,8)29-49(41,5)6)26-40(31(3)4)46(39)52-44-20-13-12-19-43(44)51-48(52)38-18-14-17-37-36-23-21-34(28-45(36)53-47(37)38)32-15-10-9-11-16-32;1-2-6-10(7-3-1)11-8-4-5-9-12-11;/h9-17,19-28,30-31H,29H2,1-8H3;1-6,8-9H;/q2*-1;. The first-order chi connectivity index (χ1) is 31.4. The molecule has 1 aliphatic rings. The van der Waals surface area contributed by atoms with E-state index >= 15 is 0 Å². The van der Waals surface area contributed by atoms with E-state index in [0.717, 1.165) is 61.2 Å². The van der Waals surface area contributed by atoms with Crippen molar-refractivity contribution in [1.82, 2.24) is 14.5 Å². The van der Waals surface area contributed by atoms with E-state index in [-0.39, 0.29) is 31.9 Å². The fourth-order valence-electron chi connectivity index (χ4n) is 10.4. The molecule has 331 valence electrons. The average molecular weight is 1160 g/mol. The zero-order valence-corrected chi connectivity index (χ0v) is 45.6. The molecule has 0 amide bonds. The van der Waals surface area contributed by atoms with E-state index in [1.165, 1.54) is 37.6 Å². The topological polar surface area (TPSA) is 43.9 Å². The first-order valence-corrected chi connectivity index (χ1v) is 36.5. The van der Waals surface area contributed by atoms with Crippen molar-refractivity contribution in [3.05, 3.63) is 187 Å². The summed E-state index contributed by atoms with van der Waals surface area (Å²) >= 11 is -3.99. The van der Waals surface area contributed by atoms with Crippen LogP contribution in [0.25, 0.3) is 83.6 Å². The van der Waals surface area contributed by atoms with Crippen LogP contribution in [0.15, 0.2) is 168 Å². The van der Waals surface area contributed by atoms with Crippen LogP contribution < -0.4 is 8.79 Å². The van der Waals surface area contributed by atoms with Crippen molar-refractivity contribution in [2.24, 2.45) is 0 Å². The minimum atomic E-state index is -2.05. The van der Waals surface area contributed by atoms with E-state index in [1.54, 1.807) is 15.0 Å². The predicted molar refractivity (Wildman–Crippen MR) is 279 cm³/mol. The van der Waals surface area contributed by atoms with E-state index in [9.17, 15) is 0 Å². The van der Waals surface area contributed by atoms with Gasteiger partial charge in [0.2, 0.25) is 0 Å². The Kier molecular flexibility index (Phi) is 12.8. The van der Waals surface area contributed by atoms with Crippen LogP contribution in [0.5, 0.6) is 0 Å². The molecule has 7 aromatic carbocycles. The Morgan fingerprint density at radius 2 is 1.27 bits per heavy atom. The summed E-state index contributed by atoms with van der Waals surface area (Å²) in [5, 5.41) is 2.17. The zero-order valence-electron chi connectivity index (χ0n) is 39.0. The number of para-hydroxylation sites is 2. The second-order valence-electron chi connectivity index (χ2n) is 19.5. The normalized spacial score (nSPS) is 13.8. The number of fused-ring (bicyclic) bond motifs is 5.